The van der Waals surface area contributed by atoms with Crippen LogP contribution in [0.1, 0.15) is 12.0 Å². The molecule has 2 heterocycles. The standard InChI is InChI=1S/C21H23N5O2/c1-24-11-12-25(14-15-7-5-6-10-18(15)24)21(28)17-13-19(20(22)27)26(23-17)16-8-3-2-4-9-16/h2-10,19H,11-14H2,1H3,(H2,22,27). The van der Waals surface area contributed by atoms with Gasteiger partial charge >= 0.3 is 0 Å². The molecular formula is C21H23N5O2. The molecule has 7 heteroatoms. The fourth-order valence-corrected chi connectivity index (χ4v) is 3.73. The van der Waals surface area contributed by atoms with Crippen molar-refractivity contribution in [2.24, 2.45) is 10.8 Å². The highest BCUT2D eigenvalue weighted by Gasteiger charge is 2.37. The molecule has 0 saturated heterocycles. The molecule has 2 aromatic rings. The van der Waals surface area contributed by atoms with Crippen LogP contribution in [0.15, 0.2) is 59.7 Å². The Morgan fingerprint density at radius 1 is 1.04 bits per heavy atom. The van der Waals surface area contributed by atoms with E-state index in [0.29, 0.717) is 18.8 Å². The topological polar surface area (TPSA) is 82.2 Å². The van der Waals surface area contributed by atoms with Crippen molar-refractivity contribution in [3.05, 3.63) is 60.2 Å². The van der Waals surface area contributed by atoms with Gasteiger partial charge in [0.15, 0.2) is 0 Å². The third kappa shape index (κ3) is 3.31. The van der Waals surface area contributed by atoms with Gasteiger partial charge in [0.25, 0.3) is 5.91 Å². The first kappa shape index (κ1) is 18.0. The molecule has 0 radical (unpaired) electrons. The van der Waals surface area contributed by atoms with Gasteiger partial charge in [0, 0.05) is 38.8 Å². The largest absolute Gasteiger partial charge is 0.373 e. The fourth-order valence-electron chi connectivity index (χ4n) is 3.73. The van der Waals surface area contributed by atoms with Gasteiger partial charge in [-0.15, -0.1) is 0 Å². The van der Waals surface area contributed by atoms with Crippen LogP contribution in [0.25, 0.3) is 0 Å². The van der Waals surface area contributed by atoms with Crippen molar-refractivity contribution in [2.75, 3.05) is 30.0 Å². The average Bonchev–Trinajstić information content (AvgIpc) is 3.10. The van der Waals surface area contributed by atoms with E-state index in [4.69, 9.17) is 5.73 Å². The molecule has 2 amide bonds. The number of para-hydroxylation sites is 2. The van der Waals surface area contributed by atoms with Crippen LogP contribution in [0, 0.1) is 0 Å². The smallest absolute Gasteiger partial charge is 0.270 e. The summed E-state index contributed by atoms with van der Waals surface area (Å²) in [4.78, 5) is 29.1. The number of hydrogen-bond acceptors (Lipinski definition) is 5. The second kappa shape index (κ2) is 7.34. The quantitative estimate of drug-likeness (QED) is 0.881. The van der Waals surface area contributed by atoms with Crippen molar-refractivity contribution in [1.29, 1.82) is 0 Å². The molecule has 0 aliphatic carbocycles. The van der Waals surface area contributed by atoms with Crippen molar-refractivity contribution >= 4 is 28.9 Å². The Labute approximate surface area is 164 Å². The molecule has 2 N–H and O–H groups in total. The minimum Gasteiger partial charge on any atom is -0.373 e. The van der Waals surface area contributed by atoms with Crippen LogP contribution in [-0.2, 0) is 16.1 Å². The van der Waals surface area contributed by atoms with E-state index in [1.54, 1.807) is 9.91 Å². The average molecular weight is 377 g/mol. The van der Waals surface area contributed by atoms with Crippen LogP contribution >= 0.6 is 0 Å². The summed E-state index contributed by atoms with van der Waals surface area (Å²) in [5.41, 5.74) is 8.93. The highest BCUT2D eigenvalue weighted by atomic mass is 16.2. The van der Waals surface area contributed by atoms with E-state index in [9.17, 15) is 9.59 Å². The summed E-state index contributed by atoms with van der Waals surface area (Å²) in [5, 5.41) is 6.05. The molecule has 1 atom stereocenters. The van der Waals surface area contributed by atoms with Crippen molar-refractivity contribution < 1.29 is 9.59 Å². The van der Waals surface area contributed by atoms with E-state index in [-0.39, 0.29) is 12.3 Å². The van der Waals surface area contributed by atoms with Crippen molar-refractivity contribution in [3.63, 3.8) is 0 Å². The maximum atomic E-state index is 13.2. The number of nitrogens with zero attached hydrogens (tertiary/aromatic N) is 4. The van der Waals surface area contributed by atoms with Gasteiger partial charge in [-0.3, -0.25) is 14.6 Å². The van der Waals surface area contributed by atoms with Crippen LogP contribution < -0.4 is 15.6 Å². The summed E-state index contributed by atoms with van der Waals surface area (Å²) in [7, 11) is 2.03. The number of carbonyl (C=O) groups excluding carboxylic acids is 2. The van der Waals surface area contributed by atoms with Gasteiger partial charge in [0.2, 0.25) is 5.91 Å². The highest BCUT2D eigenvalue weighted by molar-refractivity contribution is 6.40. The first-order valence-electron chi connectivity index (χ1n) is 9.34. The number of primary amides is 1. The number of fused-ring (bicyclic) bond motifs is 1. The number of hydrogen-bond donors (Lipinski definition) is 1. The maximum Gasteiger partial charge on any atom is 0.270 e. The molecule has 0 saturated carbocycles. The monoisotopic (exact) mass is 377 g/mol. The fraction of sp³-hybridized carbons (Fsp3) is 0.286. The predicted molar refractivity (Wildman–Crippen MR) is 109 cm³/mol. The summed E-state index contributed by atoms with van der Waals surface area (Å²) < 4.78 is 0. The number of hydrazone groups is 1. The Morgan fingerprint density at radius 2 is 1.75 bits per heavy atom. The number of likely N-dealkylation sites (N-methyl/N-ethyl adjacent to an activating group) is 1. The van der Waals surface area contributed by atoms with E-state index in [2.05, 4.69) is 16.1 Å². The van der Waals surface area contributed by atoms with Crippen LogP contribution in [0.3, 0.4) is 0 Å². The number of benzene rings is 2. The number of rotatable bonds is 3. The summed E-state index contributed by atoms with van der Waals surface area (Å²) >= 11 is 0. The lowest BCUT2D eigenvalue weighted by Crippen LogP contribution is -2.41. The molecule has 4 rings (SSSR count). The van der Waals surface area contributed by atoms with Gasteiger partial charge in [-0.1, -0.05) is 36.4 Å². The van der Waals surface area contributed by atoms with Gasteiger partial charge in [-0.25, -0.2) is 0 Å². The highest BCUT2D eigenvalue weighted by Crippen LogP contribution is 2.27. The lowest BCUT2D eigenvalue weighted by Gasteiger charge is -2.20. The first-order valence-corrected chi connectivity index (χ1v) is 9.34. The molecule has 0 bridgehead atoms. The molecule has 0 fully saturated rings. The molecule has 7 nitrogen and oxygen atoms in total. The SMILES string of the molecule is CN1CCN(C(=O)C2=NN(c3ccccc3)C(C(N)=O)C2)Cc2ccccc21. The summed E-state index contributed by atoms with van der Waals surface area (Å²) in [6.07, 6.45) is 0.219. The predicted octanol–water partition coefficient (Wildman–Crippen LogP) is 1.59. The van der Waals surface area contributed by atoms with E-state index in [0.717, 1.165) is 23.5 Å². The Hall–Kier alpha value is -3.35. The van der Waals surface area contributed by atoms with Crippen molar-refractivity contribution in [1.82, 2.24) is 4.90 Å². The molecule has 1 unspecified atom stereocenters. The minimum absolute atomic E-state index is 0.144. The summed E-state index contributed by atoms with van der Waals surface area (Å²) in [6, 6.07) is 16.8. The molecule has 0 spiro atoms. The maximum absolute atomic E-state index is 13.2. The number of anilines is 2. The Bertz CT molecular complexity index is 927. The second-order valence-electron chi connectivity index (χ2n) is 7.13. The van der Waals surface area contributed by atoms with Gasteiger partial charge in [-0.2, -0.15) is 5.10 Å². The van der Waals surface area contributed by atoms with E-state index in [1.165, 1.54) is 0 Å². The van der Waals surface area contributed by atoms with Crippen LogP contribution in [0.2, 0.25) is 0 Å². The van der Waals surface area contributed by atoms with Crippen molar-refractivity contribution in [2.45, 2.75) is 19.0 Å². The first-order chi connectivity index (χ1) is 13.5. The number of carbonyl (C=O) groups is 2. The zero-order valence-corrected chi connectivity index (χ0v) is 15.8. The minimum atomic E-state index is -0.650. The van der Waals surface area contributed by atoms with Crippen LogP contribution in [0.5, 0.6) is 0 Å². The molecular weight excluding hydrogens is 354 g/mol. The molecule has 144 valence electrons. The third-order valence-electron chi connectivity index (χ3n) is 5.26. The van der Waals surface area contributed by atoms with E-state index in [1.807, 2.05) is 55.6 Å². The lowest BCUT2D eigenvalue weighted by molar-refractivity contribution is -0.124. The lowest BCUT2D eigenvalue weighted by atomic mass is 10.1. The zero-order valence-electron chi connectivity index (χ0n) is 15.8. The van der Waals surface area contributed by atoms with Crippen LogP contribution in [0.4, 0.5) is 11.4 Å². The molecule has 2 aliphatic heterocycles. The Kier molecular flexibility index (Phi) is 4.73. The molecule has 28 heavy (non-hydrogen) atoms. The van der Waals surface area contributed by atoms with Gasteiger partial charge in [0.1, 0.15) is 11.8 Å². The van der Waals surface area contributed by atoms with Crippen LogP contribution in [-0.4, -0.2) is 48.6 Å². The van der Waals surface area contributed by atoms with E-state index >= 15 is 0 Å². The van der Waals surface area contributed by atoms with Gasteiger partial charge in [-0.05, 0) is 23.8 Å². The zero-order chi connectivity index (χ0) is 19.7. The number of amides is 2. The third-order valence-corrected chi connectivity index (χ3v) is 5.26. The second-order valence-corrected chi connectivity index (χ2v) is 7.13. The van der Waals surface area contributed by atoms with E-state index < -0.39 is 11.9 Å². The van der Waals surface area contributed by atoms with Gasteiger partial charge in [0.05, 0.1) is 5.69 Å². The van der Waals surface area contributed by atoms with Gasteiger partial charge < -0.3 is 15.5 Å². The number of nitrogens with two attached hydrogens (primary N) is 1. The summed E-state index contributed by atoms with van der Waals surface area (Å²) in [6.45, 7) is 1.85. The molecule has 2 aromatic carbocycles. The molecule has 0 aromatic heterocycles. The molecule has 2 aliphatic rings. The Balaban J connectivity index is 1.60. The Morgan fingerprint density at radius 3 is 2.50 bits per heavy atom. The normalized spacial score (nSPS) is 19.1. The van der Waals surface area contributed by atoms with Crippen molar-refractivity contribution in [3.8, 4) is 0 Å². The summed E-state index contributed by atoms with van der Waals surface area (Å²) in [5.74, 6) is -0.633.